The Morgan fingerprint density at radius 1 is 0.950 bits per heavy atom. The van der Waals surface area contributed by atoms with Gasteiger partial charge in [-0.15, -0.1) is 0 Å². The zero-order chi connectivity index (χ0) is 29.7. The lowest BCUT2D eigenvalue weighted by Crippen LogP contribution is -2.45. The SMILES string of the molecule is CC(C)C[C@H](N)C(=O)O.O=C(O)CN(CCc1ccccc1)[C@H](CCCCN1Cc2ccccc2C1=O)C(=O)O. The molecule has 40 heavy (non-hydrogen) atoms. The van der Waals surface area contributed by atoms with Crippen LogP contribution in [0.3, 0.4) is 0 Å². The lowest BCUT2D eigenvalue weighted by Gasteiger charge is -2.27. The second kappa shape index (κ2) is 16.4. The molecule has 0 bridgehead atoms. The number of hydrogen-bond donors (Lipinski definition) is 4. The molecule has 0 aromatic heterocycles. The Bertz CT molecular complexity index is 1120. The van der Waals surface area contributed by atoms with Crippen LogP contribution in [0.5, 0.6) is 0 Å². The average Bonchev–Trinajstić information content (AvgIpc) is 3.22. The van der Waals surface area contributed by atoms with Gasteiger partial charge >= 0.3 is 17.9 Å². The highest BCUT2D eigenvalue weighted by molar-refractivity contribution is 5.98. The predicted molar refractivity (Wildman–Crippen MR) is 151 cm³/mol. The molecule has 0 saturated heterocycles. The molecule has 10 nitrogen and oxygen atoms in total. The van der Waals surface area contributed by atoms with E-state index >= 15 is 0 Å². The summed E-state index contributed by atoms with van der Waals surface area (Å²) >= 11 is 0. The fourth-order valence-electron chi connectivity index (χ4n) is 4.64. The number of carbonyl (C=O) groups is 4. The average molecular weight is 556 g/mol. The van der Waals surface area contributed by atoms with Crippen LogP contribution in [0.15, 0.2) is 54.6 Å². The quantitative estimate of drug-likeness (QED) is 0.242. The second-order valence-corrected chi connectivity index (χ2v) is 10.4. The Morgan fingerprint density at radius 3 is 2.15 bits per heavy atom. The summed E-state index contributed by atoms with van der Waals surface area (Å²) in [4.78, 5) is 49.1. The molecular formula is C30H41N3O7. The number of unbranched alkanes of at least 4 members (excludes halogenated alkanes) is 1. The number of aliphatic carboxylic acids is 3. The van der Waals surface area contributed by atoms with Crippen LogP contribution in [-0.2, 0) is 27.3 Å². The van der Waals surface area contributed by atoms with E-state index in [1.165, 1.54) is 4.90 Å². The minimum Gasteiger partial charge on any atom is -0.480 e. The van der Waals surface area contributed by atoms with Crippen LogP contribution >= 0.6 is 0 Å². The number of carboxylic acid groups (broad SMARTS) is 3. The third-order valence-corrected chi connectivity index (χ3v) is 6.69. The Balaban J connectivity index is 0.000000536. The summed E-state index contributed by atoms with van der Waals surface area (Å²) in [6.07, 6.45) is 2.74. The van der Waals surface area contributed by atoms with E-state index < -0.39 is 30.0 Å². The van der Waals surface area contributed by atoms with Gasteiger partial charge in [0.15, 0.2) is 0 Å². The van der Waals surface area contributed by atoms with E-state index in [0.717, 1.165) is 16.7 Å². The van der Waals surface area contributed by atoms with E-state index in [-0.39, 0.29) is 12.5 Å². The number of hydrogen-bond acceptors (Lipinski definition) is 6. The van der Waals surface area contributed by atoms with Gasteiger partial charge in [0.2, 0.25) is 0 Å². The van der Waals surface area contributed by atoms with Gasteiger partial charge in [0.05, 0.1) is 6.54 Å². The first-order chi connectivity index (χ1) is 19.0. The summed E-state index contributed by atoms with van der Waals surface area (Å²) in [7, 11) is 0. The topological polar surface area (TPSA) is 161 Å². The minimum atomic E-state index is -1.04. The van der Waals surface area contributed by atoms with Gasteiger partial charge in [-0.2, -0.15) is 0 Å². The monoisotopic (exact) mass is 555 g/mol. The Hall–Kier alpha value is -3.76. The molecule has 0 saturated carbocycles. The molecule has 0 radical (unpaired) electrons. The summed E-state index contributed by atoms with van der Waals surface area (Å²) in [5.41, 5.74) is 8.01. The lowest BCUT2D eigenvalue weighted by atomic mass is 10.1. The van der Waals surface area contributed by atoms with Gasteiger partial charge in [-0.1, -0.05) is 62.4 Å². The Morgan fingerprint density at radius 2 is 1.60 bits per heavy atom. The van der Waals surface area contributed by atoms with E-state index in [1.807, 2.05) is 68.4 Å². The zero-order valence-electron chi connectivity index (χ0n) is 23.2. The lowest BCUT2D eigenvalue weighted by molar-refractivity contribution is -0.146. The molecule has 1 aliphatic heterocycles. The first kappa shape index (κ1) is 32.5. The molecule has 2 aromatic carbocycles. The van der Waals surface area contributed by atoms with Crippen molar-refractivity contribution in [3.63, 3.8) is 0 Å². The van der Waals surface area contributed by atoms with Crippen molar-refractivity contribution in [2.75, 3.05) is 19.6 Å². The third kappa shape index (κ3) is 10.8. The van der Waals surface area contributed by atoms with Crippen molar-refractivity contribution in [2.45, 2.75) is 64.6 Å². The maximum Gasteiger partial charge on any atom is 0.320 e. The fourth-order valence-corrected chi connectivity index (χ4v) is 4.64. The summed E-state index contributed by atoms with van der Waals surface area (Å²) in [6, 6.07) is 15.6. The number of carbonyl (C=O) groups excluding carboxylic acids is 1. The summed E-state index contributed by atoms with van der Waals surface area (Å²) < 4.78 is 0. The first-order valence-corrected chi connectivity index (χ1v) is 13.6. The van der Waals surface area contributed by atoms with E-state index in [4.69, 9.17) is 10.8 Å². The van der Waals surface area contributed by atoms with Crippen LogP contribution in [-0.4, -0.2) is 80.7 Å². The zero-order valence-corrected chi connectivity index (χ0v) is 23.2. The van der Waals surface area contributed by atoms with E-state index in [2.05, 4.69) is 0 Å². The van der Waals surface area contributed by atoms with E-state index in [0.29, 0.717) is 57.7 Å². The fraction of sp³-hybridized carbons (Fsp3) is 0.467. The number of nitrogens with two attached hydrogens (primary N) is 1. The molecule has 1 aliphatic rings. The molecule has 0 unspecified atom stereocenters. The van der Waals surface area contributed by atoms with Gasteiger partial charge in [0, 0.05) is 25.2 Å². The highest BCUT2D eigenvalue weighted by Crippen LogP contribution is 2.23. The van der Waals surface area contributed by atoms with Crippen LogP contribution in [0.2, 0.25) is 0 Å². The van der Waals surface area contributed by atoms with Crippen LogP contribution in [0.1, 0.15) is 61.0 Å². The number of benzene rings is 2. The summed E-state index contributed by atoms with van der Waals surface area (Å²) in [5.74, 6) is -2.60. The molecule has 2 atom stereocenters. The Labute approximate surface area is 235 Å². The van der Waals surface area contributed by atoms with E-state index in [1.54, 1.807) is 4.90 Å². The molecule has 1 heterocycles. The van der Waals surface area contributed by atoms with Crippen molar-refractivity contribution in [1.29, 1.82) is 0 Å². The molecule has 1 amide bonds. The molecular weight excluding hydrogens is 514 g/mol. The Kier molecular flexibility index (Phi) is 13.3. The normalized spacial score (nSPS) is 13.9. The molecule has 5 N–H and O–H groups in total. The van der Waals surface area contributed by atoms with Gasteiger partial charge in [-0.05, 0) is 55.2 Å². The minimum absolute atomic E-state index is 0.0146. The standard InChI is InChI=1S/C24H28N2O5.C6H13NO2/c27-22(28)17-25(15-13-18-8-2-1-3-9-18)21(24(30)31)12-6-7-14-26-16-19-10-4-5-11-20(19)23(26)29;1-4(2)3-5(7)6(8)9/h1-5,8-11,21H,6-7,12-17H2,(H,27,28)(H,30,31);4-5H,3,7H2,1-2H3,(H,8,9)/t21-;5-/m10/s1. The van der Waals surface area contributed by atoms with Crippen LogP contribution in [0.4, 0.5) is 0 Å². The maximum atomic E-state index is 12.4. The van der Waals surface area contributed by atoms with Crippen LogP contribution in [0, 0.1) is 5.92 Å². The van der Waals surface area contributed by atoms with E-state index in [9.17, 15) is 29.4 Å². The molecule has 218 valence electrons. The third-order valence-electron chi connectivity index (χ3n) is 6.69. The molecule has 3 rings (SSSR count). The molecule has 10 heteroatoms. The highest BCUT2D eigenvalue weighted by Gasteiger charge is 2.28. The molecule has 2 aromatic rings. The number of carboxylic acids is 3. The van der Waals surface area contributed by atoms with Crippen molar-refractivity contribution in [1.82, 2.24) is 9.80 Å². The second-order valence-electron chi connectivity index (χ2n) is 10.4. The maximum absolute atomic E-state index is 12.4. The summed E-state index contributed by atoms with van der Waals surface area (Å²) in [6.45, 7) is 5.07. The van der Waals surface area contributed by atoms with Gasteiger partial charge in [-0.3, -0.25) is 24.1 Å². The van der Waals surface area contributed by atoms with Crippen molar-refractivity contribution in [3.8, 4) is 0 Å². The van der Waals surface area contributed by atoms with Gasteiger partial charge in [-0.25, -0.2) is 0 Å². The predicted octanol–water partition coefficient (Wildman–Crippen LogP) is 3.34. The van der Waals surface area contributed by atoms with Crippen molar-refractivity contribution in [3.05, 3.63) is 71.3 Å². The van der Waals surface area contributed by atoms with Crippen molar-refractivity contribution < 1.29 is 34.5 Å². The highest BCUT2D eigenvalue weighted by atomic mass is 16.4. The number of amides is 1. The van der Waals surface area contributed by atoms with Gasteiger partial charge < -0.3 is 26.0 Å². The van der Waals surface area contributed by atoms with Crippen molar-refractivity contribution >= 4 is 23.8 Å². The molecule has 0 fully saturated rings. The van der Waals surface area contributed by atoms with Gasteiger partial charge in [0.25, 0.3) is 5.91 Å². The number of fused-ring (bicyclic) bond motifs is 1. The molecule has 0 spiro atoms. The molecule has 0 aliphatic carbocycles. The number of nitrogens with zero attached hydrogens (tertiary/aromatic N) is 2. The van der Waals surface area contributed by atoms with Crippen LogP contribution in [0.25, 0.3) is 0 Å². The van der Waals surface area contributed by atoms with Crippen LogP contribution < -0.4 is 5.73 Å². The van der Waals surface area contributed by atoms with Crippen molar-refractivity contribution in [2.24, 2.45) is 11.7 Å². The first-order valence-electron chi connectivity index (χ1n) is 13.6. The van der Waals surface area contributed by atoms with Gasteiger partial charge in [0.1, 0.15) is 12.1 Å². The summed E-state index contributed by atoms with van der Waals surface area (Å²) in [5, 5.41) is 27.3. The smallest absolute Gasteiger partial charge is 0.320 e. The largest absolute Gasteiger partial charge is 0.480 e. The number of rotatable bonds is 15.